The summed E-state index contributed by atoms with van der Waals surface area (Å²) >= 11 is 0. The first-order valence-corrected chi connectivity index (χ1v) is 11.6. The Morgan fingerprint density at radius 2 is 2.10 bits per heavy atom. The molecule has 30 heavy (non-hydrogen) atoms. The van der Waals surface area contributed by atoms with E-state index in [1.165, 1.54) is 5.56 Å². The quantitative estimate of drug-likeness (QED) is 0.413. The van der Waals surface area contributed by atoms with Crippen molar-refractivity contribution in [1.82, 2.24) is 4.57 Å². The van der Waals surface area contributed by atoms with Crippen molar-refractivity contribution < 1.29 is 16.0 Å². The van der Waals surface area contributed by atoms with Crippen LogP contribution in [0.4, 0.5) is 0 Å². The second-order valence-electron chi connectivity index (χ2n) is 8.20. The first kappa shape index (κ1) is 21.4. The van der Waals surface area contributed by atoms with E-state index in [1.54, 1.807) is 0 Å². The maximum Gasteiger partial charge on any atom is 0.159 e. The van der Waals surface area contributed by atoms with Gasteiger partial charge in [0, 0.05) is 24.1 Å². The zero-order valence-corrected chi connectivity index (χ0v) is 18.7. The lowest BCUT2D eigenvalue weighted by Crippen LogP contribution is -2.27. The van der Waals surface area contributed by atoms with Crippen molar-refractivity contribution in [2.75, 3.05) is 6.61 Å². The highest BCUT2D eigenvalue weighted by Gasteiger charge is 2.19. The number of unbranched alkanes of at least 4 members (excludes halogenated alkanes) is 3. The third-order valence-electron chi connectivity index (χ3n) is 5.70. The lowest BCUT2D eigenvalue weighted by molar-refractivity contribution is -0.177. The highest BCUT2D eigenvalue weighted by atomic mass is 16.7. The summed E-state index contributed by atoms with van der Waals surface area (Å²) in [4.78, 5) is 0. The van der Waals surface area contributed by atoms with Gasteiger partial charge in [-0.2, -0.15) is 0 Å². The van der Waals surface area contributed by atoms with Crippen LogP contribution in [0.3, 0.4) is 0 Å². The number of nitrogens with zero attached hydrogens (tertiary/aromatic N) is 1. The molecule has 3 unspecified atom stereocenters. The molecule has 2 heterocycles. The van der Waals surface area contributed by atoms with E-state index in [0.717, 1.165) is 68.1 Å². The molecule has 1 aromatic carbocycles. The van der Waals surface area contributed by atoms with E-state index in [9.17, 15) is 5.11 Å². The molecule has 1 aromatic heterocycles. The summed E-state index contributed by atoms with van der Waals surface area (Å²) in [5.74, 6) is 5.91. The van der Waals surface area contributed by atoms with Crippen LogP contribution in [-0.4, -0.2) is 28.7 Å². The molecule has 1 saturated heterocycles. The fourth-order valence-corrected chi connectivity index (χ4v) is 4.04. The van der Waals surface area contributed by atoms with Crippen molar-refractivity contribution in [1.29, 1.82) is 0 Å². The lowest BCUT2D eigenvalue weighted by atomic mass is 10.1. The molecule has 0 spiro atoms. The molecule has 0 radical (unpaired) electrons. The standard InChI is InChI=1S/C26H37NO3/c1-4-6-7-8-11-22(30-26-12-9-10-17-29-26)14-16-25(28)24-19-21-18-20(3)13-15-23(21)27(24)5-2/h13,15,18-19,22,25-26,28H,4-12,17H2,1-3H3/i22D. The second-order valence-corrected chi connectivity index (χ2v) is 8.20. The molecule has 0 aliphatic carbocycles. The van der Waals surface area contributed by atoms with E-state index in [-0.39, 0.29) is 6.29 Å². The van der Waals surface area contributed by atoms with E-state index in [4.69, 9.17) is 10.8 Å². The summed E-state index contributed by atoms with van der Waals surface area (Å²) in [5, 5.41) is 12.0. The normalized spacial score (nSPS) is 20.3. The Balaban J connectivity index is 1.81. The van der Waals surface area contributed by atoms with Gasteiger partial charge in [0.05, 0.1) is 7.06 Å². The molecule has 2 aromatic rings. The van der Waals surface area contributed by atoms with Crippen LogP contribution < -0.4 is 0 Å². The summed E-state index contributed by atoms with van der Waals surface area (Å²) < 4.78 is 22.7. The predicted octanol–water partition coefficient (Wildman–Crippen LogP) is 5.89. The smallest absolute Gasteiger partial charge is 0.159 e. The molecule has 0 amide bonds. The minimum atomic E-state index is -1.36. The molecular formula is C26H37NO3. The average molecular weight is 413 g/mol. The van der Waals surface area contributed by atoms with Crippen molar-refractivity contribution in [3.05, 3.63) is 35.5 Å². The summed E-state index contributed by atoms with van der Waals surface area (Å²) in [6, 6.07) is 8.30. The fourth-order valence-electron chi connectivity index (χ4n) is 4.04. The van der Waals surface area contributed by atoms with Crippen molar-refractivity contribution in [3.8, 4) is 11.8 Å². The Morgan fingerprint density at radius 1 is 1.23 bits per heavy atom. The van der Waals surface area contributed by atoms with Gasteiger partial charge in [0.1, 0.15) is 6.08 Å². The number of hydrogen-bond donors (Lipinski definition) is 1. The monoisotopic (exact) mass is 412 g/mol. The summed E-state index contributed by atoms with van der Waals surface area (Å²) in [6.45, 7) is 7.72. The van der Waals surface area contributed by atoms with Crippen molar-refractivity contribution in [2.24, 2.45) is 0 Å². The molecule has 4 nitrogen and oxygen atoms in total. The molecule has 4 heteroatoms. The van der Waals surface area contributed by atoms with Crippen LogP contribution in [-0.2, 0) is 16.0 Å². The molecule has 1 fully saturated rings. The minimum absolute atomic E-state index is 0.381. The third kappa shape index (κ3) is 6.11. The second kappa shape index (κ2) is 11.6. The van der Waals surface area contributed by atoms with Gasteiger partial charge in [-0.1, -0.05) is 49.7 Å². The number of rotatable bonds is 9. The Kier molecular flexibility index (Phi) is 8.25. The van der Waals surface area contributed by atoms with Gasteiger partial charge in [-0.05, 0) is 64.2 Å². The van der Waals surface area contributed by atoms with E-state index in [2.05, 4.69) is 55.4 Å². The molecule has 0 bridgehead atoms. The van der Waals surface area contributed by atoms with Gasteiger partial charge in [-0.3, -0.25) is 0 Å². The predicted molar refractivity (Wildman–Crippen MR) is 122 cm³/mol. The Bertz CT molecular complexity index is 906. The summed E-state index contributed by atoms with van der Waals surface area (Å²) in [5.41, 5.74) is 3.04. The first-order chi connectivity index (χ1) is 15.0. The molecule has 1 aliphatic rings. The van der Waals surface area contributed by atoms with Crippen LogP contribution >= 0.6 is 0 Å². The fraction of sp³-hybridized carbons (Fsp3) is 0.615. The number of aromatic nitrogens is 1. The molecule has 1 aliphatic heterocycles. The van der Waals surface area contributed by atoms with Gasteiger partial charge in [0.25, 0.3) is 0 Å². The van der Waals surface area contributed by atoms with Crippen LogP contribution in [0.1, 0.15) is 83.9 Å². The zero-order chi connectivity index (χ0) is 22.3. The van der Waals surface area contributed by atoms with Gasteiger partial charge in [-0.25, -0.2) is 0 Å². The van der Waals surface area contributed by atoms with E-state index in [0.29, 0.717) is 13.0 Å². The summed E-state index contributed by atoms with van der Waals surface area (Å²) in [6.07, 6.45) is 4.89. The molecular weight excluding hydrogens is 374 g/mol. The maximum absolute atomic E-state index is 10.9. The maximum atomic E-state index is 10.9. The van der Waals surface area contributed by atoms with Crippen molar-refractivity contribution in [3.63, 3.8) is 0 Å². The molecule has 0 saturated carbocycles. The van der Waals surface area contributed by atoms with Crippen molar-refractivity contribution in [2.45, 2.75) is 97.2 Å². The minimum Gasteiger partial charge on any atom is -0.375 e. The number of fused-ring (bicyclic) bond motifs is 1. The topological polar surface area (TPSA) is 43.6 Å². The van der Waals surface area contributed by atoms with Gasteiger partial charge >= 0.3 is 0 Å². The molecule has 1 N–H and O–H groups in total. The van der Waals surface area contributed by atoms with Crippen LogP contribution in [0.15, 0.2) is 24.3 Å². The van der Waals surface area contributed by atoms with Crippen LogP contribution in [0.5, 0.6) is 0 Å². The van der Waals surface area contributed by atoms with Crippen LogP contribution in [0, 0.1) is 18.8 Å². The number of aliphatic hydroxyl groups excluding tert-OH is 1. The van der Waals surface area contributed by atoms with Gasteiger partial charge < -0.3 is 19.1 Å². The van der Waals surface area contributed by atoms with Crippen LogP contribution in [0.25, 0.3) is 10.9 Å². The van der Waals surface area contributed by atoms with E-state index in [1.807, 2.05) is 6.07 Å². The third-order valence-corrected chi connectivity index (χ3v) is 5.70. The van der Waals surface area contributed by atoms with Gasteiger partial charge in [0.2, 0.25) is 0 Å². The number of hydrogen-bond acceptors (Lipinski definition) is 3. The highest BCUT2D eigenvalue weighted by Crippen LogP contribution is 2.26. The Morgan fingerprint density at radius 3 is 2.83 bits per heavy atom. The molecule has 3 rings (SSSR count). The molecule has 3 atom stereocenters. The number of ether oxygens (including phenoxy) is 2. The SMILES string of the molecule is [2H]C(C#CC(O)c1cc2cc(C)ccc2n1CC)(CCCCCC)OC1CCCCO1. The van der Waals surface area contributed by atoms with Crippen molar-refractivity contribution >= 4 is 10.9 Å². The Hall–Kier alpha value is -1.80. The molecule has 164 valence electrons. The zero-order valence-electron chi connectivity index (χ0n) is 19.7. The highest BCUT2D eigenvalue weighted by molar-refractivity contribution is 5.82. The van der Waals surface area contributed by atoms with Gasteiger partial charge in [-0.15, -0.1) is 0 Å². The lowest BCUT2D eigenvalue weighted by Gasteiger charge is -2.25. The number of aliphatic hydroxyl groups is 1. The largest absolute Gasteiger partial charge is 0.375 e. The number of aryl methyl sites for hydroxylation is 2. The van der Waals surface area contributed by atoms with E-state index < -0.39 is 12.2 Å². The van der Waals surface area contributed by atoms with Crippen LogP contribution in [0.2, 0.25) is 0 Å². The first-order valence-electron chi connectivity index (χ1n) is 12.1. The summed E-state index contributed by atoms with van der Waals surface area (Å²) in [7, 11) is 0. The van der Waals surface area contributed by atoms with Gasteiger partial charge in [0.15, 0.2) is 12.4 Å². The number of benzene rings is 1. The van der Waals surface area contributed by atoms with E-state index >= 15 is 0 Å². The average Bonchev–Trinajstić information content (AvgIpc) is 3.13. The Labute approximate surface area is 183 Å².